The van der Waals surface area contributed by atoms with Crippen molar-refractivity contribution in [2.45, 2.75) is 20.0 Å². The lowest BCUT2D eigenvalue weighted by Gasteiger charge is -2.10. The molecule has 0 amide bonds. The molecule has 6 nitrogen and oxygen atoms in total. The molecule has 0 spiro atoms. The van der Waals surface area contributed by atoms with Gasteiger partial charge in [-0.2, -0.15) is 0 Å². The first-order chi connectivity index (χ1) is 15.6. The van der Waals surface area contributed by atoms with Crippen molar-refractivity contribution in [3.8, 4) is 17.2 Å². The Kier molecular flexibility index (Phi) is 6.22. The summed E-state index contributed by atoms with van der Waals surface area (Å²) in [7, 11) is 1.34. The second-order valence-corrected chi connectivity index (χ2v) is 7.13. The Morgan fingerprint density at radius 2 is 1.75 bits per heavy atom. The van der Waals surface area contributed by atoms with Gasteiger partial charge in [0.2, 0.25) is 11.2 Å². The smallest absolute Gasteiger partial charge is 0.337 e. The number of ether oxygens (including phenoxy) is 3. The van der Waals surface area contributed by atoms with Crippen LogP contribution < -0.4 is 14.9 Å². The summed E-state index contributed by atoms with van der Waals surface area (Å²) in [6.45, 7) is 2.33. The molecule has 162 valence electrons. The van der Waals surface area contributed by atoms with Gasteiger partial charge in [0.05, 0.1) is 18.1 Å². The normalized spacial score (nSPS) is 10.7. The van der Waals surface area contributed by atoms with Gasteiger partial charge >= 0.3 is 5.97 Å². The van der Waals surface area contributed by atoms with E-state index in [0.29, 0.717) is 34.6 Å². The lowest BCUT2D eigenvalue weighted by molar-refractivity contribution is 0.0600. The van der Waals surface area contributed by atoms with Gasteiger partial charge < -0.3 is 18.6 Å². The topological polar surface area (TPSA) is 75.0 Å². The summed E-state index contributed by atoms with van der Waals surface area (Å²) in [5, 5.41) is 0.409. The largest absolute Gasteiger partial charge is 0.489 e. The Hall–Kier alpha value is -4.06. The molecule has 1 aromatic heterocycles. The minimum absolute atomic E-state index is 0.137. The van der Waals surface area contributed by atoms with E-state index in [-0.39, 0.29) is 17.1 Å². The van der Waals surface area contributed by atoms with E-state index in [4.69, 9.17) is 18.6 Å². The van der Waals surface area contributed by atoms with Crippen LogP contribution in [0.3, 0.4) is 0 Å². The maximum Gasteiger partial charge on any atom is 0.337 e. The molecule has 6 heteroatoms. The highest BCUT2D eigenvalue weighted by Gasteiger charge is 2.12. The molecule has 0 saturated heterocycles. The van der Waals surface area contributed by atoms with Crippen molar-refractivity contribution >= 4 is 16.9 Å². The van der Waals surface area contributed by atoms with Gasteiger partial charge in [0.15, 0.2) is 0 Å². The van der Waals surface area contributed by atoms with Crippen LogP contribution in [0.5, 0.6) is 17.2 Å². The number of para-hydroxylation sites is 1. The highest BCUT2D eigenvalue weighted by Crippen LogP contribution is 2.27. The van der Waals surface area contributed by atoms with Crippen LogP contribution in [0.1, 0.15) is 28.4 Å². The fourth-order valence-corrected chi connectivity index (χ4v) is 3.29. The summed E-state index contributed by atoms with van der Waals surface area (Å²) in [4.78, 5) is 24.4. The Balaban J connectivity index is 1.50. The fourth-order valence-electron chi connectivity index (χ4n) is 3.29. The van der Waals surface area contributed by atoms with Crippen molar-refractivity contribution in [3.63, 3.8) is 0 Å². The van der Waals surface area contributed by atoms with Crippen molar-refractivity contribution in [2.75, 3.05) is 7.11 Å². The first-order valence-electron chi connectivity index (χ1n) is 10.2. The summed E-state index contributed by atoms with van der Waals surface area (Å²) in [5.41, 5.74) is 2.53. The third-order valence-electron chi connectivity index (χ3n) is 5.07. The zero-order valence-electron chi connectivity index (χ0n) is 17.8. The first-order valence-corrected chi connectivity index (χ1v) is 10.2. The SMILES string of the molecule is CCc1ccccc1Oc1coc2cc(OCc3ccc(C(=O)OC)cc3)ccc2c1=O. The molecule has 0 radical (unpaired) electrons. The van der Waals surface area contributed by atoms with Gasteiger partial charge in [0, 0.05) is 6.07 Å². The monoisotopic (exact) mass is 430 g/mol. The fraction of sp³-hybridized carbons (Fsp3) is 0.154. The van der Waals surface area contributed by atoms with Crippen LogP contribution in [-0.2, 0) is 17.8 Å². The number of carbonyl (C=O) groups is 1. The number of hydrogen-bond acceptors (Lipinski definition) is 6. The van der Waals surface area contributed by atoms with Gasteiger partial charge in [0.1, 0.15) is 30.0 Å². The molecule has 3 aromatic carbocycles. The molecule has 0 saturated carbocycles. The number of methoxy groups -OCH3 is 1. The molecule has 0 bridgehead atoms. The molecular formula is C26H22O6. The average Bonchev–Trinajstić information content (AvgIpc) is 2.84. The van der Waals surface area contributed by atoms with Crippen molar-refractivity contribution < 1.29 is 23.4 Å². The minimum atomic E-state index is -0.386. The molecule has 0 N–H and O–H groups in total. The molecule has 0 aliphatic rings. The number of esters is 1. The predicted molar refractivity (Wildman–Crippen MR) is 120 cm³/mol. The number of fused-ring (bicyclic) bond motifs is 1. The van der Waals surface area contributed by atoms with E-state index in [0.717, 1.165) is 17.5 Å². The maximum atomic E-state index is 12.9. The summed E-state index contributed by atoms with van der Waals surface area (Å²) in [5.74, 6) is 0.948. The number of hydrogen-bond donors (Lipinski definition) is 0. The van der Waals surface area contributed by atoms with E-state index in [9.17, 15) is 9.59 Å². The van der Waals surface area contributed by atoms with Crippen LogP contribution in [0.25, 0.3) is 11.0 Å². The second kappa shape index (κ2) is 9.39. The number of benzene rings is 3. The molecule has 0 aliphatic carbocycles. The summed E-state index contributed by atoms with van der Waals surface area (Å²) >= 11 is 0. The Morgan fingerprint density at radius 3 is 2.50 bits per heavy atom. The molecule has 0 aliphatic heterocycles. The highest BCUT2D eigenvalue weighted by atomic mass is 16.5. The Morgan fingerprint density at radius 1 is 0.969 bits per heavy atom. The van der Waals surface area contributed by atoms with Crippen molar-refractivity contribution in [3.05, 3.63) is 99.9 Å². The molecule has 32 heavy (non-hydrogen) atoms. The number of carbonyl (C=O) groups excluding carboxylic acids is 1. The molecule has 4 rings (SSSR count). The van der Waals surface area contributed by atoms with E-state index in [1.54, 1.807) is 42.5 Å². The molecular weight excluding hydrogens is 408 g/mol. The van der Waals surface area contributed by atoms with Gasteiger partial charge in [-0.1, -0.05) is 37.3 Å². The van der Waals surface area contributed by atoms with Gasteiger partial charge in [-0.3, -0.25) is 4.79 Å². The lowest BCUT2D eigenvalue weighted by atomic mass is 10.1. The second-order valence-electron chi connectivity index (χ2n) is 7.13. The molecule has 0 fully saturated rings. The van der Waals surface area contributed by atoms with Crippen LogP contribution in [0.15, 0.2) is 82.2 Å². The van der Waals surface area contributed by atoms with Crippen molar-refractivity contribution in [2.24, 2.45) is 0 Å². The zero-order valence-corrected chi connectivity index (χ0v) is 17.8. The quantitative estimate of drug-likeness (QED) is 0.360. The highest BCUT2D eigenvalue weighted by molar-refractivity contribution is 5.89. The minimum Gasteiger partial charge on any atom is -0.489 e. The van der Waals surface area contributed by atoms with Crippen LogP contribution in [0.2, 0.25) is 0 Å². The zero-order chi connectivity index (χ0) is 22.5. The average molecular weight is 430 g/mol. The van der Waals surface area contributed by atoms with Gasteiger partial charge in [0.25, 0.3) is 0 Å². The third-order valence-corrected chi connectivity index (χ3v) is 5.07. The van der Waals surface area contributed by atoms with E-state index in [2.05, 4.69) is 0 Å². The molecule has 0 atom stereocenters. The molecule has 1 heterocycles. The predicted octanol–water partition coefficient (Wildman–Crippen LogP) is 5.51. The van der Waals surface area contributed by atoms with Gasteiger partial charge in [-0.05, 0) is 47.9 Å². The molecule has 4 aromatic rings. The van der Waals surface area contributed by atoms with Crippen LogP contribution in [-0.4, -0.2) is 13.1 Å². The van der Waals surface area contributed by atoms with E-state index in [1.807, 2.05) is 31.2 Å². The number of rotatable bonds is 7. The van der Waals surface area contributed by atoms with Crippen molar-refractivity contribution in [1.82, 2.24) is 0 Å². The van der Waals surface area contributed by atoms with Crippen molar-refractivity contribution in [1.29, 1.82) is 0 Å². The van der Waals surface area contributed by atoms with Crippen LogP contribution in [0.4, 0.5) is 0 Å². The van der Waals surface area contributed by atoms with E-state index in [1.165, 1.54) is 13.4 Å². The van der Waals surface area contributed by atoms with E-state index >= 15 is 0 Å². The first kappa shape index (κ1) is 21.2. The Bertz CT molecular complexity index is 1300. The Labute approximate surface area is 185 Å². The van der Waals surface area contributed by atoms with Gasteiger partial charge in [-0.25, -0.2) is 4.79 Å². The maximum absolute atomic E-state index is 12.9. The lowest BCUT2D eigenvalue weighted by Crippen LogP contribution is -2.06. The van der Waals surface area contributed by atoms with E-state index < -0.39 is 0 Å². The third kappa shape index (κ3) is 4.49. The summed E-state index contributed by atoms with van der Waals surface area (Å²) < 4.78 is 22.0. The number of aryl methyl sites for hydroxylation is 1. The van der Waals surface area contributed by atoms with Crippen LogP contribution >= 0.6 is 0 Å². The molecule has 0 unspecified atom stereocenters. The summed E-state index contributed by atoms with van der Waals surface area (Å²) in [6, 6.07) is 19.6. The van der Waals surface area contributed by atoms with Crippen LogP contribution in [0, 0.1) is 0 Å². The van der Waals surface area contributed by atoms with Gasteiger partial charge in [-0.15, -0.1) is 0 Å². The summed E-state index contributed by atoms with van der Waals surface area (Å²) in [6.07, 6.45) is 2.12. The standard InChI is InChI=1S/C26H22O6/c1-3-18-6-4-5-7-22(18)32-24-16-31-23-14-20(12-13-21(23)25(24)27)30-15-17-8-10-19(11-9-17)26(28)29-2/h4-14,16H,3,15H2,1-2H3.